The number of para-hydroxylation sites is 4. The van der Waals surface area contributed by atoms with Crippen molar-refractivity contribution in [1.82, 2.24) is 0 Å². The molecule has 0 amide bonds. The fourth-order valence-electron chi connectivity index (χ4n) is 8.74. The first-order valence-corrected chi connectivity index (χ1v) is 21.5. The summed E-state index contributed by atoms with van der Waals surface area (Å²) in [5.74, 6) is 0. The third-order valence-electron chi connectivity index (χ3n) is 11.5. The van der Waals surface area contributed by atoms with Crippen LogP contribution in [0.15, 0.2) is 217 Å². The minimum absolute atomic E-state index is 0.837. The molecule has 9 aromatic carbocycles. The Kier molecular flexibility index (Phi) is 9.10. The van der Waals surface area contributed by atoms with E-state index in [9.17, 15) is 0 Å². The zero-order chi connectivity index (χ0) is 40.9. The van der Waals surface area contributed by atoms with Crippen molar-refractivity contribution in [3.8, 4) is 0 Å². The van der Waals surface area contributed by atoms with Crippen molar-refractivity contribution in [3.63, 3.8) is 0 Å². The molecule has 0 atom stereocenters. The predicted octanol–water partition coefficient (Wildman–Crippen LogP) is 17.0. The van der Waals surface area contributed by atoms with Crippen LogP contribution >= 0.6 is 11.3 Å². The van der Waals surface area contributed by atoms with E-state index >= 15 is 0 Å². The molecule has 0 aliphatic carbocycles. The van der Waals surface area contributed by atoms with Gasteiger partial charge in [0.05, 0.1) is 22.7 Å². The zero-order valence-corrected chi connectivity index (χ0v) is 34.7. The molecular weight excluding hydrogens is 763 g/mol. The molecule has 0 unspecified atom stereocenters. The summed E-state index contributed by atoms with van der Waals surface area (Å²) in [4.78, 5) is 7.13. The highest BCUT2D eigenvalue weighted by atomic mass is 32.1. The Bertz CT molecular complexity index is 3320. The van der Waals surface area contributed by atoms with Crippen molar-refractivity contribution >= 4 is 105 Å². The topological polar surface area (TPSA) is 22.9 Å². The number of hydrogen-bond acceptors (Lipinski definition) is 5. The molecule has 0 N–H and O–H groups in total. The molecule has 0 saturated carbocycles. The molecule has 11 aromatic rings. The van der Waals surface area contributed by atoms with Crippen LogP contribution in [0.3, 0.4) is 0 Å². The number of furan rings is 1. The Labute approximate surface area is 359 Å². The Morgan fingerprint density at radius 1 is 0.328 bits per heavy atom. The molecule has 0 bridgehead atoms. The van der Waals surface area contributed by atoms with E-state index in [0.717, 1.165) is 73.1 Å². The fourth-order valence-corrected chi connectivity index (χ4v) is 9.82. The number of fused-ring (bicyclic) bond motifs is 6. The molecule has 0 aliphatic heterocycles. The van der Waals surface area contributed by atoms with Gasteiger partial charge in [-0.3, -0.25) is 0 Å². The van der Waals surface area contributed by atoms with E-state index in [1.807, 2.05) is 17.4 Å². The number of anilines is 9. The smallest absolute Gasteiger partial charge is 0.159 e. The molecular formula is C56H41N3OS. The van der Waals surface area contributed by atoms with Crippen LogP contribution in [0, 0.1) is 13.8 Å². The quantitative estimate of drug-likeness (QED) is 0.145. The highest BCUT2D eigenvalue weighted by molar-refractivity contribution is 7.25. The van der Waals surface area contributed by atoms with Crippen LogP contribution in [-0.2, 0) is 0 Å². The molecule has 5 heteroatoms. The Balaban J connectivity index is 1.23. The van der Waals surface area contributed by atoms with Gasteiger partial charge in [0.1, 0.15) is 5.58 Å². The Hall–Kier alpha value is -7.60. The number of rotatable bonds is 9. The van der Waals surface area contributed by atoms with E-state index in [0.29, 0.717) is 0 Å². The van der Waals surface area contributed by atoms with Gasteiger partial charge in [-0.1, -0.05) is 109 Å². The largest absolute Gasteiger partial charge is 0.454 e. The van der Waals surface area contributed by atoms with Gasteiger partial charge in [-0.05, 0) is 128 Å². The molecule has 11 rings (SSSR count). The van der Waals surface area contributed by atoms with Crippen LogP contribution in [0.25, 0.3) is 42.1 Å². The highest BCUT2D eigenvalue weighted by Gasteiger charge is 2.25. The lowest BCUT2D eigenvalue weighted by atomic mass is 10.1. The summed E-state index contributed by atoms with van der Waals surface area (Å²) in [6, 6.07) is 76.3. The summed E-state index contributed by atoms with van der Waals surface area (Å²) in [6.45, 7) is 4.32. The first-order chi connectivity index (χ1) is 30.1. The minimum Gasteiger partial charge on any atom is -0.454 e. The van der Waals surface area contributed by atoms with Crippen LogP contribution in [0.2, 0.25) is 0 Å². The lowest BCUT2D eigenvalue weighted by Crippen LogP contribution is -2.16. The maximum atomic E-state index is 6.77. The van der Waals surface area contributed by atoms with E-state index in [-0.39, 0.29) is 0 Å². The molecule has 292 valence electrons. The van der Waals surface area contributed by atoms with Crippen LogP contribution < -0.4 is 14.7 Å². The lowest BCUT2D eigenvalue weighted by Gasteiger charge is -2.33. The van der Waals surface area contributed by atoms with Gasteiger partial charge in [0.2, 0.25) is 0 Å². The number of nitrogens with zero attached hydrogens (tertiary/aromatic N) is 3. The van der Waals surface area contributed by atoms with E-state index < -0.39 is 0 Å². The number of benzene rings is 9. The normalized spacial score (nSPS) is 11.4. The van der Waals surface area contributed by atoms with Crippen LogP contribution in [0.4, 0.5) is 51.2 Å². The van der Waals surface area contributed by atoms with Crippen molar-refractivity contribution in [2.24, 2.45) is 0 Å². The molecule has 0 aliphatic rings. The van der Waals surface area contributed by atoms with Gasteiger partial charge < -0.3 is 19.1 Å². The van der Waals surface area contributed by atoms with Gasteiger partial charge >= 0.3 is 0 Å². The summed E-state index contributed by atoms with van der Waals surface area (Å²) < 4.78 is 9.33. The number of aryl methyl sites for hydroxylation is 2. The van der Waals surface area contributed by atoms with Crippen LogP contribution in [0.1, 0.15) is 11.1 Å². The van der Waals surface area contributed by atoms with Crippen LogP contribution in [-0.4, -0.2) is 0 Å². The Morgan fingerprint density at radius 3 is 1.49 bits per heavy atom. The van der Waals surface area contributed by atoms with E-state index in [4.69, 9.17) is 4.42 Å². The van der Waals surface area contributed by atoms with E-state index in [1.165, 1.54) is 31.3 Å². The maximum absolute atomic E-state index is 6.77. The van der Waals surface area contributed by atoms with Gasteiger partial charge in [0.15, 0.2) is 5.58 Å². The molecule has 2 heterocycles. The summed E-state index contributed by atoms with van der Waals surface area (Å²) in [5, 5.41) is 4.69. The molecule has 0 saturated heterocycles. The van der Waals surface area contributed by atoms with Crippen molar-refractivity contribution in [3.05, 3.63) is 223 Å². The van der Waals surface area contributed by atoms with Gasteiger partial charge in [-0.25, -0.2) is 0 Å². The van der Waals surface area contributed by atoms with Crippen molar-refractivity contribution in [1.29, 1.82) is 0 Å². The molecule has 0 spiro atoms. The minimum atomic E-state index is 0.837. The second-order valence-corrected chi connectivity index (χ2v) is 16.7. The van der Waals surface area contributed by atoms with Gasteiger partial charge in [0, 0.05) is 59.4 Å². The Morgan fingerprint density at radius 2 is 0.820 bits per heavy atom. The average Bonchev–Trinajstić information content (AvgIpc) is 3.86. The van der Waals surface area contributed by atoms with E-state index in [1.54, 1.807) is 0 Å². The van der Waals surface area contributed by atoms with Gasteiger partial charge in [-0.15, -0.1) is 11.3 Å². The molecule has 0 fully saturated rings. The second kappa shape index (κ2) is 15.2. The number of thiophene rings is 1. The van der Waals surface area contributed by atoms with E-state index in [2.05, 4.69) is 235 Å². The summed E-state index contributed by atoms with van der Waals surface area (Å²) in [5.41, 5.74) is 13.4. The molecule has 61 heavy (non-hydrogen) atoms. The van der Waals surface area contributed by atoms with Crippen molar-refractivity contribution in [2.75, 3.05) is 14.7 Å². The molecule has 0 radical (unpaired) electrons. The van der Waals surface area contributed by atoms with Gasteiger partial charge in [0.25, 0.3) is 0 Å². The van der Waals surface area contributed by atoms with Crippen LogP contribution in [0.5, 0.6) is 0 Å². The van der Waals surface area contributed by atoms with Crippen molar-refractivity contribution < 1.29 is 4.42 Å². The average molecular weight is 804 g/mol. The third kappa shape index (κ3) is 6.66. The zero-order valence-electron chi connectivity index (χ0n) is 33.9. The number of hydrogen-bond donors (Lipinski definition) is 0. The fraction of sp³-hybridized carbons (Fsp3) is 0.0357. The molecule has 2 aromatic heterocycles. The standard InChI is InChI=1S/C56H41N3OS/c1-38-16-13-22-42(32-38)58(43-23-14-17-39(2)33-43)46-34-45(57(40-18-5-3-6-19-40)44-30-31-55-51(37-44)49-25-10-12-29-54(49)61-55)35-47(36-46)59(41-20-7-4-8-21-41)52-27-15-26-50-48-24-9-11-28-53(48)60-56(50)52/h3-37H,1-2H3. The first-order valence-electron chi connectivity index (χ1n) is 20.7. The summed E-state index contributed by atoms with van der Waals surface area (Å²) in [7, 11) is 0. The SMILES string of the molecule is Cc1cccc(N(c2cccc(C)c2)c2cc(N(c3ccccc3)c3ccc4sc5ccccc5c4c3)cc(N(c3ccccc3)c3cccc4c3oc3ccccc34)c2)c1. The summed E-state index contributed by atoms with van der Waals surface area (Å²) in [6.07, 6.45) is 0. The highest BCUT2D eigenvalue weighted by Crippen LogP contribution is 2.48. The molecule has 4 nitrogen and oxygen atoms in total. The summed E-state index contributed by atoms with van der Waals surface area (Å²) >= 11 is 1.84. The lowest BCUT2D eigenvalue weighted by molar-refractivity contribution is 0.669. The third-order valence-corrected chi connectivity index (χ3v) is 12.6. The van der Waals surface area contributed by atoms with Gasteiger partial charge in [-0.2, -0.15) is 0 Å². The first kappa shape index (κ1) is 36.5. The predicted molar refractivity (Wildman–Crippen MR) is 260 cm³/mol. The monoisotopic (exact) mass is 803 g/mol. The maximum Gasteiger partial charge on any atom is 0.159 e. The second-order valence-electron chi connectivity index (χ2n) is 15.6. The van der Waals surface area contributed by atoms with Crippen molar-refractivity contribution in [2.45, 2.75) is 13.8 Å².